The second kappa shape index (κ2) is 6.86. The molecule has 0 amide bonds. The third kappa shape index (κ3) is 4.10. The second-order valence-electron chi connectivity index (χ2n) is 3.76. The largest absolute Gasteiger partial charge is 0.389 e. The molecule has 0 fully saturated rings. The molecule has 1 aromatic carbocycles. The Morgan fingerprint density at radius 3 is 2.75 bits per heavy atom. The SMILES string of the molecule is COCC(O)CN[C@@H](C)c1ccccc1Cl. The molecular weight excluding hydrogens is 226 g/mol. The summed E-state index contributed by atoms with van der Waals surface area (Å²) in [5.41, 5.74) is 1.04. The van der Waals surface area contributed by atoms with Crippen molar-refractivity contribution in [1.29, 1.82) is 0 Å². The molecular formula is C12H18ClNO2. The van der Waals surface area contributed by atoms with Crippen LogP contribution >= 0.6 is 11.6 Å². The number of halogens is 1. The minimum absolute atomic E-state index is 0.111. The van der Waals surface area contributed by atoms with E-state index in [0.29, 0.717) is 13.2 Å². The predicted molar refractivity (Wildman–Crippen MR) is 65.8 cm³/mol. The van der Waals surface area contributed by atoms with E-state index in [-0.39, 0.29) is 6.04 Å². The molecule has 0 heterocycles. The molecule has 90 valence electrons. The molecule has 0 bridgehead atoms. The van der Waals surface area contributed by atoms with E-state index in [1.807, 2.05) is 31.2 Å². The first-order chi connectivity index (χ1) is 7.65. The quantitative estimate of drug-likeness (QED) is 0.803. The van der Waals surface area contributed by atoms with Crippen LogP contribution in [0.15, 0.2) is 24.3 Å². The van der Waals surface area contributed by atoms with E-state index in [0.717, 1.165) is 10.6 Å². The average Bonchev–Trinajstić information content (AvgIpc) is 2.27. The molecule has 1 aromatic rings. The van der Waals surface area contributed by atoms with Crippen LogP contribution < -0.4 is 5.32 Å². The molecule has 0 saturated heterocycles. The summed E-state index contributed by atoms with van der Waals surface area (Å²) >= 11 is 6.07. The van der Waals surface area contributed by atoms with Crippen LogP contribution in [0.3, 0.4) is 0 Å². The van der Waals surface area contributed by atoms with Crippen LogP contribution in [0.5, 0.6) is 0 Å². The van der Waals surface area contributed by atoms with Crippen molar-refractivity contribution in [2.45, 2.75) is 19.1 Å². The average molecular weight is 244 g/mol. The van der Waals surface area contributed by atoms with Gasteiger partial charge >= 0.3 is 0 Å². The van der Waals surface area contributed by atoms with E-state index < -0.39 is 6.10 Å². The fraction of sp³-hybridized carbons (Fsp3) is 0.500. The van der Waals surface area contributed by atoms with Crippen molar-refractivity contribution >= 4 is 11.6 Å². The highest BCUT2D eigenvalue weighted by atomic mass is 35.5. The van der Waals surface area contributed by atoms with Crippen LogP contribution in [0, 0.1) is 0 Å². The van der Waals surface area contributed by atoms with E-state index >= 15 is 0 Å². The van der Waals surface area contributed by atoms with E-state index in [1.165, 1.54) is 0 Å². The van der Waals surface area contributed by atoms with E-state index in [1.54, 1.807) is 7.11 Å². The first kappa shape index (κ1) is 13.5. The van der Waals surface area contributed by atoms with Gasteiger partial charge in [0.15, 0.2) is 0 Å². The summed E-state index contributed by atoms with van der Waals surface area (Å²) in [6.07, 6.45) is -0.491. The monoisotopic (exact) mass is 243 g/mol. The third-order valence-corrected chi connectivity index (χ3v) is 2.73. The Morgan fingerprint density at radius 2 is 2.12 bits per heavy atom. The van der Waals surface area contributed by atoms with Gasteiger partial charge in [-0.15, -0.1) is 0 Å². The Labute approximate surface area is 101 Å². The van der Waals surface area contributed by atoms with Crippen molar-refractivity contribution in [1.82, 2.24) is 5.32 Å². The molecule has 0 aliphatic carbocycles. The first-order valence-corrected chi connectivity index (χ1v) is 5.67. The molecule has 0 aromatic heterocycles. The van der Waals surface area contributed by atoms with Crippen molar-refractivity contribution in [2.75, 3.05) is 20.3 Å². The molecule has 4 heteroatoms. The molecule has 3 nitrogen and oxygen atoms in total. The normalized spacial score (nSPS) is 14.8. The number of rotatable bonds is 6. The van der Waals surface area contributed by atoms with Gasteiger partial charge in [0.05, 0.1) is 12.7 Å². The second-order valence-corrected chi connectivity index (χ2v) is 4.17. The fourth-order valence-electron chi connectivity index (χ4n) is 1.50. The molecule has 1 unspecified atom stereocenters. The standard InChI is InChI=1S/C12H18ClNO2/c1-9(14-7-10(15)8-16-2)11-5-3-4-6-12(11)13/h3-6,9-10,14-15H,7-8H2,1-2H3/t9-,10?/m0/s1. The minimum atomic E-state index is -0.491. The maximum absolute atomic E-state index is 9.49. The number of ether oxygens (including phenoxy) is 1. The topological polar surface area (TPSA) is 41.5 Å². The molecule has 0 radical (unpaired) electrons. The van der Waals surface area contributed by atoms with Crippen LogP contribution in [0.2, 0.25) is 5.02 Å². The number of hydrogen-bond donors (Lipinski definition) is 2. The lowest BCUT2D eigenvalue weighted by molar-refractivity contribution is 0.0630. The third-order valence-electron chi connectivity index (χ3n) is 2.39. The Hall–Kier alpha value is -0.610. The summed E-state index contributed by atoms with van der Waals surface area (Å²) in [6.45, 7) is 2.84. The fourth-order valence-corrected chi connectivity index (χ4v) is 1.80. The highest BCUT2D eigenvalue weighted by Gasteiger charge is 2.10. The summed E-state index contributed by atoms with van der Waals surface area (Å²) in [5.74, 6) is 0. The lowest BCUT2D eigenvalue weighted by atomic mass is 10.1. The van der Waals surface area contributed by atoms with Gasteiger partial charge in [0, 0.05) is 24.7 Å². The van der Waals surface area contributed by atoms with Crippen LogP contribution in [0.4, 0.5) is 0 Å². The number of nitrogens with one attached hydrogen (secondary N) is 1. The molecule has 0 spiro atoms. The Morgan fingerprint density at radius 1 is 1.44 bits per heavy atom. The lowest BCUT2D eigenvalue weighted by Crippen LogP contribution is -2.31. The first-order valence-electron chi connectivity index (χ1n) is 5.30. The molecule has 0 saturated carbocycles. The van der Waals surface area contributed by atoms with E-state index in [4.69, 9.17) is 16.3 Å². The highest BCUT2D eigenvalue weighted by molar-refractivity contribution is 6.31. The van der Waals surface area contributed by atoms with E-state index in [2.05, 4.69) is 5.32 Å². The predicted octanol–water partition coefficient (Wildman–Crippen LogP) is 2.00. The van der Waals surface area contributed by atoms with Crippen LogP contribution in [-0.2, 0) is 4.74 Å². The van der Waals surface area contributed by atoms with Crippen molar-refractivity contribution in [3.8, 4) is 0 Å². The molecule has 1 rings (SSSR count). The van der Waals surface area contributed by atoms with Gasteiger partial charge in [0.1, 0.15) is 0 Å². The van der Waals surface area contributed by atoms with Crippen LogP contribution in [-0.4, -0.2) is 31.5 Å². The van der Waals surface area contributed by atoms with Gasteiger partial charge in [-0.2, -0.15) is 0 Å². The molecule has 0 aliphatic rings. The van der Waals surface area contributed by atoms with Crippen molar-refractivity contribution in [2.24, 2.45) is 0 Å². The summed E-state index contributed by atoms with van der Waals surface area (Å²) in [5, 5.41) is 13.4. The van der Waals surface area contributed by atoms with Gasteiger partial charge < -0.3 is 15.2 Å². The number of benzene rings is 1. The van der Waals surface area contributed by atoms with Crippen molar-refractivity contribution in [3.63, 3.8) is 0 Å². The molecule has 2 N–H and O–H groups in total. The van der Waals surface area contributed by atoms with Crippen molar-refractivity contribution < 1.29 is 9.84 Å². The number of aliphatic hydroxyl groups excluding tert-OH is 1. The summed E-state index contributed by atoms with van der Waals surface area (Å²) in [6, 6.07) is 7.80. The van der Waals surface area contributed by atoms with Gasteiger partial charge in [-0.1, -0.05) is 29.8 Å². The summed E-state index contributed by atoms with van der Waals surface area (Å²) in [4.78, 5) is 0. The Balaban J connectivity index is 2.46. The Kier molecular flexibility index (Phi) is 5.77. The maximum atomic E-state index is 9.49. The number of methoxy groups -OCH3 is 1. The van der Waals surface area contributed by atoms with Gasteiger partial charge in [-0.05, 0) is 18.6 Å². The molecule has 16 heavy (non-hydrogen) atoms. The maximum Gasteiger partial charge on any atom is 0.0897 e. The van der Waals surface area contributed by atoms with Crippen LogP contribution in [0.25, 0.3) is 0 Å². The smallest absolute Gasteiger partial charge is 0.0897 e. The zero-order chi connectivity index (χ0) is 12.0. The van der Waals surface area contributed by atoms with Gasteiger partial charge in [0.25, 0.3) is 0 Å². The minimum Gasteiger partial charge on any atom is -0.389 e. The Bertz CT molecular complexity index is 320. The highest BCUT2D eigenvalue weighted by Crippen LogP contribution is 2.21. The van der Waals surface area contributed by atoms with Gasteiger partial charge in [0.2, 0.25) is 0 Å². The number of aliphatic hydroxyl groups is 1. The summed E-state index contributed by atoms with van der Waals surface area (Å²) < 4.78 is 4.85. The molecule has 2 atom stereocenters. The summed E-state index contributed by atoms with van der Waals surface area (Å²) in [7, 11) is 1.57. The molecule has 0 aliphatic heterocycles. The van der Waals surface area contributed by atoms with Crippen molar-refractivity contribution in [3.05, 3.63) is 34.9 Å². The lowest BCUT2D eigenvalue weighted by Gasteiger charge is -2.18. The van der Waals surface area contributed by atoms with Gasteiger partial charge in [-0.25, -0.2) is 0 Å². The number of hydrogen-bond acceptors (Lipinski definition) is 3. The van der Waals surface area contributed by atoms with Crippen LogP contribution in [0.1, 0.15) is 18.5 Å². The van der Waals surface area contributed by atoms with Gasteiger partial charge in [-0.3, -0.25) is 0 Å². The zero-order valence-corrected chi connectivity index (χ0v) is 10.4. The van der Waals surface area contributed by atoms with E-state index in [9.17, 15) is 5.11 Å². The zero-order valence-electron chi connectivity index (χ0n) is 9.61.